The number of hydrogen-bond acceptors (Lipinski definition) is 10. The predicted molar refractivity (Wildman–Crippen MR) is 147 cm³/mol. The first-order valence-corrected chi connectivity index (χ1v) is 13.6. The van der Waals surface area contributed by atoms with Crippen LogP contribution in [-0.4, -0.2) is 90.0 Å². The van der Waals surface area contributed by atoms with Crippen LogP contribution in [0.3, 0.4) is 0 Å². The lowest BCUT2D eigenvalue weighted by Gasteiger charge is -2.34. The van der Waals surface area contributed by atoms with Crippen LogP contribution >= 0.6 is 0 Å². The predicted octanol–water partition coefficient (Wildman–Crippen LogP) is 3.31. The van der Waals surface area contributed by atoms with Gasteiger partial charge in [0, 0.05) is 30.7 Å². The van der Waals surface area contributed by atoms with E-state index >= 15 is 0 Å². The zero-order chi connectivity index (χ0) is 27.9. The van der Waals surface area contributed by atoms with Gasteiger partial charge in [-0.15, -0.1) is 5.10 Å². The number of aliphatic hydroxyl groups excluding tert-OH is 1. The van der Waals surface area contributed by atoms with Crippen LogP contribution in [0.2, 0.25) is 0 Å². The van der Waals surface area contributed by atoms with Crippen molar-refractivity contribution in [1.82, 2.24) is 34.8 Å². The summed E-state index contributed by atoms with van der Waals surface area (Å²) in [6, 6.07) is 2.46. The lowest BCUT2D eigenvalue weighted by molar-refractivity contribution is 0.170. The van der Waals surface area contributed by atoms with E-state index in [1.165, 1.54) is 0 Å². The molecule has 3 aromatic heterocycles. The summed E-state index contributed by atoms with van der Waals surface area (Å²) in [5.41, 5.74) is 2.62. The molecule has 1 saturated heterocycles. The first-order valence-electron chi connectivity index (χ1n) is 13.6. The largest absolute Gasteiger partial charge is 0.495 e. The molecule has 0 bridgehead atoms. The molecule has 1 fully saturated rings. The number of hydrogen-bond donors (Lipinski definition) is 4. The number of rotatable bonds is 12. The topological polar surface area (TPSA) is 163 Å². The van der Waals surface area contributed by atoms with Crippen LogP contribution in [-0.2, 0) is 6.54 Å². The van der Waals surface area contributed by atoms with Crippen LogP contribution in [0.4, 0.5) is 16.6 Å². The number of carbonyl (C=O) groups is 1. The summed E-state index contributed by atoms with van der Waals surface area (Å²) in [6.45, 7) is 8.86. The van der Waals surface area contributed by atoms with Gasteiger partial charge in [0.2, 0.25) is 5.95 Å². The summed E-state index contributed by atoms with van der Waals surface area (Å²) in [5.74, 6) is 1.35. The van der Waals surface area contributed by atoms with E-state index in [-0.39, 0.29) is 25.1 Å². The van der Waals surface area contributed by atoms with Crippen molar-refractivity contribution in [1.29, 1.82) is 0 Å². The molecule has 1 unspecified atom stereocenters. The Balaban J connectivity index is 1.63. The van der Waals surface area contributed by atoms with Crippen LogP contribution in [0.15, 0.2) is 12.3 Å². The molecule has 0 spiro atoms. The summed E-state index contributed by atoms with van der Waals surface area (Å²) < 4.78 is 7.42. The summed E-state index contributed by atoms with van der Waals surface area (Å²) in [6.07, 6.45) is 4.59. The van der Waals surface area contributed by atoms with Gasteiger partial charge in [0.1, 0.15) is 22.5 Å². The van der Waals surface area contributed by atoms with E-state index in [4.69, 9.17) is 4.74 Å². The number of fused-ring (bicyclic) bond motifs is 1. The molecule has 1 atom stereocenters. The smallest absolute Gasteiger partial charge is 0.411 e. The maximum absolute atomic E-state index is 11.3. The highest BCUT2D eigenvalue weighted by molar-refractivity contribution is 5.89. The van der Waals surface area contributed by atoms with Crippen LogP contribution in [0, 0.1) is 0 Å². The van der Waals surface area contributed by atoms with Gasteiger partial charge < -0.3 is 25.2 Å². The quantitative estimate of drug-likeness (QED) is 0.266. The van der Waals surface area contributed by atoms with Crippen molar-refractivity contribution in [2.24, 2.45) is 0 Å². The van der Waals surface area contributed by atoms with Crippen molar-refractivity contribution in [2.75, 3.05) is 37.4 Å². The van der Waals surface area contributed by atoms with Crippen molar-refractivity contribution < 1.29 is 19.7 Å². The van der Waals surface area contributed by atoms with E-state index in [1.807, 2.05) is 6.07 Å². The SMILES string of the molecule is CCCC(CCO)Nc1nc(NC(=O)O)nc2cnn(Cc3nnc(C4CCN(C(C)C)CC4)cc3OC)c12. The third-order valence-electron chi connectivity index (χ3n) is 7.21. The number of piperidine rings is 1. The molecule has 1 aliphatic heterocycles. The number of likely N-dealkylation sites (tertiary alicyclic amines) is 1. The summed E-state index contributed by atoms with van der Waals surface area (Å²) in [7, 11) is 1.62. The number of nitrogens with one attached hydrogen (secondary N) is 2. The van der Waals surface area contributed by atoms with Gasteiger partial charge in [-0.1, -0.05) is 13.3 Å². The third-order valence-corrected chi connectivity index (χ3v) is 7.21. The fourth-order valence-electron chi connectivity index (χ4n) is 5.11. The molecule has 212 valence electrons. The second kappa shape index (κ2) is 13.0. The van der Waals surface area contributed by atoms with Gasteiger partial charge in [0.05, 0.1) is 25.5 Å². The van der Waals surface area contributed by atoms with Gasteiger partial charge in [0.15, 0.2) is 5.82 Å². The highest BCUT2D eigenvalue weighted by Crippen LogP contribution is 2.31. The molecule has 0 radical (unpaired) electrons. The van der Waals surface area contributed by atoms with E-state index in [1.54, 1.807) is 18.0 Å². The molecular weight excluding hydrogens is 502 g/mol. The molecule has 0 aromatic carbocycles. The van der Waals surface area contributed by atoms with Crippen LogP contribution in [0.1, 0.15) is 70.2 Å². The Hall–Kier alpha value is -3.58. The Kier molecular flexibility index (Phi) is 9.46. The minimum absolute atomic E-state index is 0.0149. The Bertz CT molecular complexity index is 1250. The van der Waals surface area contributed by atoms with Gasteiger partial charge in [-0.25, -0.2) is 9.78 Å². The van der Waals surface area contributed by atoms with Gasteiger partial charge in [-0.3, -0.25) is 10.00 Å². The number of amides is 1. The first-order chi connectivity index (χ1) is 18.8. The molecule has 13 nitrogen and oxygen atoms in total. The van der Waals surface area contributed by atoms with Crippen LogP contribution in [0.5, 0.6) is 5.75 Å². The number of ether oxygens (including phenoxy) is 1. The number of aliphatic hydroxyl groups is 1. The van der Waals surface area contributed by atoms with E-state index < -0.39 is 6.09 Å². The zero-order valence-electron chi connectivity index (χ0n) is 23.1. The maximum atomic E-state index is 11.3. The Labute approximate surface area is 228 Å². The molecule has 0 aliphatic carbocycles. The average molecular weight is 542 g/mol. The van der Waals surface area contributed by atoms with Crippen molar-refractivity contribution in [3.63, 3.8) is 0 Å². The standard InChI is InChI=1S/C26H39N9O4/c1-5-6-18(9-12-36)28-24-23-20(29-25(30-24)31-26(37)38)14-27-35(23)15-21-22(39-4)13-19(32-33-21)17-7-10-34(11-8-17)16(2)3/h13-14,16-18,36H,5-12,15H2,1-4H3,(H,37,38)(H2,28,29,30,31). The van der Waals surface area contributed by atoms with E-state index in [9.17, 15) is 15.0 Å². The second-order valence-corrected chi connectivity index (χ2v) is 10.2. The Morgan fingerprint density at radius 1 is 1.21 bits per heavy atom. The maximum Gasteiger partial charge on any atom is 0.411 e. The lowest BCUT2D eigenvalue weighted by Crippen LogP contribution is -2.38. The highest BCUT2D eigenvalue weighted by atomic mass is 16.5. The zero-order valence-corrected chi connectivity index (χ0v) is 23.1. The molecule has 4 heterocycles. The van der Waals surface area contributed by atoms with Crippen LogP contribution < -0.4 is 15.4 Å². The first kappa shape index (κ1) is 28.4. The lowest BCUT2D eigenvalue weighted by atomic mass is 9.92. The molecule has 1 aliphatic rings. The van der Waals surface area contributed by atoms with Crippen LogP contribution in [0.25, 0.3) is 11.0 Å². The third kappa shape index (κ3) is 6.90. The molecule has 3 aromatic rings. The number of nitrogens with zero attached hydrogens (tertiary/aromatic N) is 7. The minimum Gasteiger partial charge on any atom is -0.495 e. The molecule has 0 saturated carbocycles. The molecule has 4 rings (SSSR count). The normalized spacial score (nSPS) is 15.5. The number of aromatic nitrogens is 6. The monoisotopic (exact) mass is 541 g/mol. The van der Waals surface area contributed by atoms with Gasteiger partial charge in [-0.2, -0.15) is 15.2 Å². The van der Waals surface area contributed by atoms with Gasteiger partial charge in [0.25, 0.3) is 0 Å². The van der Waals surface area contributed by atoms with Crippen molar-refractivity contribution in [3.05, 3.63) is 23.7 Å². The fourth-order valence-corrected chi connectivity index (χ4v) is 5.11. The minimum atomic E-state index is -1.26. The van der Waals surface area contributed by atoms with E-state index in [0.29, 0.717) is 46.7 Å². The summed E-state index contributed by atoms with van der Waals surface area (Å²) >= 11 is 0. The number of anilines is 2. The highest BCUT2D eigenvalue weighted by Gasteiger charge is 2.25. The summed E-state index contributed by atoms with van der Waals surface area (Å²) in [4.78, 5) is 22.5. The molecule has 1 amide bonds. The molecule has 39 heavy (non-hydrogen) atoms. The Morgan fingerprint density at radius 2 is 1.97 bits per heavy atom. The molecule has 13 heteroatoms. The van der Waals surface area contributed by atoms with Crippen molar-refractivity contribution in [3.8, 4) is 5.75 Å². The fraction of sp³-hybridized carbons (Fsp3) is 0.615. The molecular formula is C26H39N9O4. The molecule has 4 N–H and O–H groups in total. The van der Waals surface area contributed by atoms with Gasteiger partial charge >= 0.3 is 6.09 Å². The van der Waals surface area contributed by atoms with E-state index in [0.717, 1.165) is 44.5 Å². The summed E-state index contributed by atoms with van der Waals surface area (Å²) in [5, 5.41) is 37.9. The van der Waals surface area contributed by atoms with Crippen molar-refractivity contribution >= 4 is 28.9 Å². The van der Waals surface area contributed by atoms with Gasteiger partial charge in [-0.05, 0) is 52.6 Å². The number of carboxylic acid groups (broad SMARTS) is 1. The van der Waals surface area contributed by atoms with Crippen molar-refractivity contribution in [2.45, 2.75) is 77.4 Å². The average Bonchev–Trinajstić information content (AvgIpc) is 3.31. The second-order valence-electron chi connectivity index (χ2n) is 10.2. The Morgan fingerprint density at radius 3 is 2.62 bits per heavy atom. The van der Waals surface area contributed by atoms with E-state index in [2.05, 4.69) is 61.6 Å². The number of methoxy groups -OCH3 is 1.